The van der Waals surface area contributed by atoms with E-state index in [1.807, 2.05) is 15.7 Å². The van der Waals surface area contributed by atoms with Crippen molar-refractivity contribution in [2.45, 2.75) is 45.8 Å². The highest BCUT2D eigenvalue weighted by molar-refractivity contribution is 7.51. The van der Waals surface area contributed by atoms with Gasteiger partial charge in [0.15, 0.2) is 0 Å². The van der Waals surface area contributed by atoms with Crippen LogP contribution in [0, 0.1) is 5.92 Å². The van der Waals surface area contributed by atoms with E-state index in [-0.39, 0.29) is 11.7 Å². The maximum atomic E-state index is 13.2. The van der Waals surface area contributed by atoms with Gasteiger partial charge in [0.25, 0.3) is 5.91 Å². The predicted molar refractivity (Wildman–Crippen MR) is 142 cm³/mol. The molecule has 6 nitrogen and oxygen atoms in total. The van der Waals surface area contributed by atoms with Gasteiger partial charge in [-0.1, -0.05) is 33.2 Å². The normalized spacial score (nSPS) is 24.3. The summed E-state index contributed by atoms with van der Waals surface area (Å²) in [5.41, 5.74) is 5.87. The maximum Gasteiger partial charge on any atom is 0.252 e. The monoisotopic (exact) mass is 477 g/mol. The van der Waals surface area contributed by atoms with Crippen molar-refractivity contribution in [2.24, 2.45) is 5.92 Å². The van der Waals surface area contributed by atoms with Gasteiger partial charge in [-0.05, 0) is 63.8 Å². The predicted octanol–water partition coefficient (Wildman–Crippen LogP) is 4.81. The first-order chi connectivity index (χ1) is 16.4. The van der Waals surface area contributed by atoms with Crippen molar-refractivity contribution in [1.82, 2.24) is 24.5 Å². The summed E-state index contributed by atoms with van der Waals surface area (Å²) in [6.07, 6.45) is 16.3. The van der Waals surface area contributed by atoms with E-state index in [1.165, 1.54) is 29.7 Å². The van der Waals surface area contributed by atoms with E-state index in [0.29, 0.717) is 14.5 Å². The molecule has 4 aliphatic rings. The molecule has 4 heterocycles. The number of hydrogen-bond donors (Lipinski definition) is 0. The van der Waals surface area contributed by atoms with Crippen LogP contribution in [0.2, 0.25) is 0 Å². The summed E-state index contributed by atoms with van der Waals surface area (Å²) in [5.74, 6) is 0.780. The van der Waals surface area contributed by atoms with Gasteiger partial charge in [-0.2, -0.15) is 5.10 Å². The number of aromatic nitrogens is 2. The van der Waals surface area contributed by atoms with Crippen molar-refractivity contribution < 1.29 is 4.79 Å². The Morgan fingerprint density at radius 3 is 2.65 bits per heavy atom. The summed E-state index contributed by atoms with van der Waals surface area (Å²) in [7, 11) is 2.65. The minimum absolute atomic E-state index is 0.0551. The number of hydrogen-bond acceptors (Lipinski definition) is 4. The van der Waals surface area contributed by atoms with Crippen LogP contribution in [0.3, 0.4) is 0 Å². The lowest BCUT2D eigenvalue weighted by Gasteiger charge is -2.39. The van der Waals surface area contributed by atoms with Crippen LogP contribution in [0.5, 0.6) is 0 Å². The fourth-order valence-electron chi connectivity index (χ4n) is 4.84. The van der Waals surface area contributed by atoms with E-state index in [4.69, 9.17) is 5.10 Å². The molecule has 34 heavy (non-hydrogen) atoms. The Hall–Kier alpha value is -2.43. The fourth-order valence-corrected chi connectivity index (χ4v) is 6.17. The Kier molecular flexibility index (Phi) is 6.63. The lowest BCUT2D eigenvalue weighted by Crippen LogP contribution is -2.45. The Morgan fingerprint density at radius 2 is 1.97 bits per heavy atom. The number of nitrogens with zero attached hydrogens (tertiary/aromatic N) is 5. The number of carbonyl (C=O) groups is 1. The SMILES string of the molecule is CC/C=C(/c1cc(C2=CC(=O)N3C=C(N4CCN(C)CC4)C=CC3P2)nn1C=C(C)C)C1CC1. The molecule has 0 spiro atoms. The van der Waals surface area contributed by atoms with Crippen LogP contribution < -0.4 is 0 Å². The topological polar surface area (TPSA) is 44.6 Å². The number of piperazine rings is 1. The molecule has 1 saturated heterocycles. The molecule has 2 fully saturated rings. The highest BCUT2D eigenvalue weighted by atomic mass is 31.1. The summed E-state index contributed by atoms with van der Waals surface area (Å²) in [4.78, 5) is 19.9. The Morgan fingerprint density at radius 1 is 1.21 bits per heavy atom. The van der Waals surface area contributed by atoms with Gasteiger partial charge in [-0.25, -0.2) is 4.68 Å². The Labute approximate surface area is 205 Å². The number of carbonyl (C=O) groups excluding carboxylic acids is 1. The third-order valence-electron chi connectivity index (χ3n) is 6.84. The molecule has 1 aromatic heterocycles. The van der Waals surface area contributed by atoms with E-state index < -0.39 is 0 Å². The van der Waals surface area contributed by atoms with Gasteiger partial charge in [0.1, 0.15) is 0 Å². The summed E-state index contributed by atoms with van der Waals surface area (Å²) >= 11 is 0. The number of allylic oxidation sites excluding steroid dienone is 4. The summed E-state index contributed by atoms with van der Waals surface area (Å²) < 4.78 is 2.04. The van der Waals surface area contributed by atoms with Crippen LogP contribution in [-0.2, 0) is 4.79 Å². The molecule has 2 unspecified atom stereocenters. The maximum absolute atomic E-state index is 13.2. The minimum atomic E-state index is 0.0551. The second-order valence-corrected chi connectivity index (χ2v) is 11.4. The highest BCUT2D eigenvalue weighted by Crippen LogP contribution is 2.47. The van der Waals surface area contributed by atoms with Crippen LogP contribution in [-0.4, -0.2) is 69.4 Å². The molecule has 2 atom stereocenters. The largest absolute Gasteiger partial charge is 0.368 e. The summed E-state index contributed by atoms with van der Waals surface area (Å²) in [6, 6.07) is 2.21. The molecule has 1 aliphatic carbocycles. The minimum Gasteiger partial charge on any atom is -0.368 e. The van der Waals surface area contributed by atoms with Crippen molar-refractivity contribution >= 4 is 31.6 Å². The molecule has 0 aromatic carbocycles. The average molecular weight is 478 g/mol. The second kappa shape index (κ2) is 9.67. The van der Waals surface area contributed by atoms with Crippen molar-refractivity contribution in [3.8, 4) is 0 Å². The first kappa shape index (κ1) is 23.3. The molecule has 0 radical (unpaired) electrons. The van der Waals surface area contributed by atoms with Gasteiger partial charge in [0.05, 0.1) is 22.9 Å². The second-order valence-electron chi connectivity index (χ2n) is 10.0. The van der Waals surface area contributed by atoms with E-state index in [9.17, 15) is 4.79 Å². The lowest BCUT2D eigenvalue weighted by molar-refractivity contribution is -0.123. The smallest absolute Gasteiger partial charge is 0.252 e. The molecule has 1 saturated carbocycles. The van der Waals surface area contributed by atoms with Crippen LogP contribution in [0.1, 0.15) is 51.4 Å². The van der Waals surface area contributed by atoms with Gasteiger partial charge in [-0.3, -0.25) is 4.79 Å². The van der Waals surface area contributed by atoms with Gasteiger partial charge in [0, 0.05) is 50.0 Å². The van der Waals surface area contributed by atoms with Crippen molar-refractivity contribution in [3.05, 3.63) is 59.2 Å². The first-order valence-electron chi connectivity index (χ1n) is 12.5. The molecule has 0 N–H and O–H groups in total. The molecule has 7 heteroatoms. The number of likely N-dealkylation sites (N-methyl/N-ethyl adjacent to an activating group) is 1. The fraction of sp³-hybridized carbons (Fsp3) is 0.481. The Balaban J connectivity index is 1.42. The van der Waals surface area contributed by atoms with Gasteiger partial charge in [-0.15, -0.1) is 0 Å². The molecular weight excluding hydrogens is 441 g/mol. The molecule has 0 bridgehead atoms. The van der Waals surface area contributed by atoms with E-state index in [1.54, 1.807) is 0 Å². The number of fused-ring (bicyclic) bond motifs is 1. The summed E-state index contributed by atoms with van der Waals surface area (Å²) in [5, 5.41) is 6.03. The van der Waals surface area contributed by atoms with Gasteiger partial charge >= 0.3 is 0 Å². The standard InChI is InChI=1S/C27H36N5OP/c1-5-6-22(20-7-8-20)24-15-23(28-32(24)17-19(2)3)25-16-26(33)31-18-21(9-10-27(31)34-25)30-13-11-29(4)12-14-30/h6,9-10,15-18,20,27,34H,5,7-8,11-14H2,1-4H3/b22-6+. The summed E-state index contributed by atoms with van der Waals surface area (Å²) in [6.45, 7) is 10.5. The van der Waals surface area contributed by atoms with Crippen molar-refractivity contribution in [1.29, 1.82) is 0 Å². The van der Waals surface area contributed by atoms with Crippen LogP contribution in [0.25, 0.3) is 17.1 Å². The third kappa shape index (κ3) is 4.85. The van der Waals surface area contributed by atoms with E-state index >= 15 is 0 Å². The van der Waals surface area contributed by atoms with Gasteiger partial charge < -0.3 is 14.7 Å². The zero-order chi connectivity index (χ0) is 23.8. The highest BCUT2D eigenvalue weighted by Gasteiger charge is 2.33. The quantitative estimate of drug-likeness (QED) is 0.552. The average Bonchev–Trinajstić information content (AvgIpc) is 3.58. The Bertz CT molecular complexity index is 1110. The van der Waals surface area contributed by atoms with Gasteiger partial charge in [0.2, 0.25) is 0 Å². The van der Waals surface area contributed by atoms with Crippen LogP contribution in [0.4, 0.5) is 0 Å². The van der Waals surface area contributed by atoms with Crippen LogP contribution >= 0.6 is 8.58 Å². The molecule has 1 aromatic rings. The molecule has 5 rings (SSSR count). The van der Waals surface area contributed by atoms with E-state index in [2.05, 4.69) is 74.3 Å². The lowest BCUT2D eigenvalue weighted by atomic mass is 10.1. The molecular formula is C27H36N5OP. The van der Waals surface area contributed by atoms with Crippen molar-refractivity contribution in [3.63, 3.8) is 0 Å². The van der Waals surface area contributed by atoms with Crippen LogP contribution in [0.15, 0.2) is 47.8 Å². The molecule has 1 amide bonds. The van der Waals surface area contributed by atoms with E-state index in [0.717, 1.165) is 49.3 Å². The molecule has 3 aliphatic heterocycles. The number of rotatable bonds is 6. The zero-order valence-corrected chi connectivity index (χ0v) is 21.8. The molecule has 180 valence electrons. The van der Waals surface area contributed by atoms with Crippen molar-refractivity contribution in [2.75, 3.05) is 33.2 Å². The third-order valence-corrected chi connectivity index (χ3v) is 8.32. The number of amides is 1. The first-order valence-corrected chi connectivity index (χ1v) is 13.6. The zero-order valence-electron chi connectivity index (χ0n) is 20.8.